The highest BCUT2D eigenvalue weighted by atomic mass is 79.9. The lowest BCUT2D eigenvalue weighted by atomic mass is 10.3. The van der Waals surface area contributed by atoms with E-state index in [-0.39, 0.29) is 0 Å². The molecule has 0 saturated heterocycles. The van der Waals surface area contributed by atoms with Gasteiger partial charge in [0.25, 0.3) is 0 Å². The number of nitrogens with zero attached hydrogens (tertiary/aromatic N) is 1. The number of aryl methyl sites for hydroxylation is 1. The van der Waals surface area contributed by atoms with E-state index in [0.29, 0.717) is 5.15 Å². The predicted molar refractivity (Wildman–Crippen MR) is 57.1 cm³/mol. The topological polar surface area (TPSA) is 12.9 Å². The number of rotatable bonds is 0. The number of hydrogen-bond acceptors (Lipinski definition) is 2. The number of fused-ring (bicyclic) bond motifs is 1. The van der Waals surface area contributed by atoms with E-state index in [1.54, 1.807) is 17.5 Å². The highest BCUT2D eigenvalue weighted by molar-refractivity contribution is 9.10. The third kappa shape index (κ3) is 1.16. The number of thiophene rings is 1. The maximum absolute atomic E-state index is 5.94. The smallest absolute Gasteiger partial charge is 0.138 e. The van der Waals surface area contributed by atoms with Crippen molar-refractivity contribution < 1.29 is 0 Å². The molecule has 0 atom stereocenters. The van der Waals surface area contributed by atoms with Crippen molar-refractivity contribution in [1.82, 2.24) is 4.98 Å². The summed E-state index contributed by atoms with van der Waals surface area (Å²) in [6.45, 7) is 2.06. The van der Waals surface area contributed by atoms with Gasteiger partial charge in [-0.2, -0.15) is 0 Å². The third-order valence-electron chi connectivity index (χ3n) is 1.66. The van der Waals surface area contributed by atoms with Crippen LogP contribution in [0, 0.1) is 6.92 Å². The van der Waals surface area contributed by atoms with E-state index >= 15 is 0 Å². The predicted octanol–water partition coefficient (Wildman–Crippen LogP) is 4.02. The molecule has 0 amide bonds. The minimum absolute atomic E-state index is 0.573. The van der Waals surface area contributed by atoms with E-state index in [9.17, 15) is 0 Å². The molecule has 0 aliphatic rings. The number of pyridine rings is 1. The lowest BCUT2D eigenvalue weighted by molar-refractivity contribution is 1.37. The van der Waals surface area contributed by atoms with E-state index < -0.39 is 0 Å². The zero-order valence-corrected chi connectivity index (χ0v) is 9.42. The molecule has 2 rings (SSSR count). The van der Waals surface area contributed by atoms with Crippen LogP contribution in [0.15, 0.2) is 16.7 Å². The van der Waals surface area contributed by atoms with Crippen LogP contribution in [0.4, 0.5) is 0 Å². The first-order chi connectivity index (χ1) is 5.70. The first-order valence-electron chi connectivity index (χ1n) is 3.39. The molecule has 0 N–H and O–H groups in total. The Morgan fingerprint density at radius 1 is 1.58 bits per heavy atom. The van der Waals surface area contributed by atoms with Crippen LogP contribution in [-0.4, -0.2) is 4.98 Å². The molecule has 0 bridgehead atoms. The van der Waals surface area contributed by atoms with Gasteiger partial charge in [-0.15, -0.1) is 11.3 Å². The third-order valence-corrected chi connectivity index (χ3v) is 4.27. The summed E-state index contributed by atoms with van der Waals surface area (Å²) in [6.07, 6.45) is 1.73. The van der Waals surface area contributed by atoms with Crippen molar-refractivity contribution in [3.8, 4) is 0 Å². The average Bonchev–Trinajstić information content (AvgIpc) is 2.29. The second kappa shape index (κ2) is 2.98. The van der Waals surface area contributed by atoms with Gasteiger partial charge in [0.05, 0.1) is 0 Å². The van der Waals surface area contributed by atoms with Crippen LogP contribution >= 0.6 is 38.9 Å². The fourth-order valence-corrected chi connectivity index (χ4v) is 3.24. The Kier molecular flexibility index (Phi) is 2.10. The average molecular weight is 263 g/mol. The first-order valence-corrected chi connectivity index (χ1v) is 5.38. The molecule has 0 aromatic carbocycles. The fraction of sp³-hybridized carbons (Fsp3) is 0.125. The summed E-state index contributed by atoms with van der Waals surface area (Å²) in [5.41, 5.74) is 0. The lowest BCUT2D eigenvalue weighted by Crippen LogP contribution is -1.73. The van der Waals surface area contributed by atoms with Crippen molar-refractivity contribution in [1.29, 1.82) is 0 Å². The SMILES string of the molecule is Cc1sc2ccnc(Cl)c2c1Br. The number of hydrogen-bond donors (Lipinski definition) is 0. The standard InChI is InChI=1S/C8H5BrClNS/c1-4-7(9)6-5(12-4)2-3-11-8(6)10/h2-3H,1H3. The molecule has 12 heavy (non-hydrogen) atoms. The Balaban J connectivity index is 2.97. The van der Waals surface area contributed by atoms with Crippen molar-refractivity contribution in [2.75, 3.05) is 0 Å². The van der Waals surface area contributed by atoms with Gasteiger partial charge in [0, 0.05) is 25.6 Å². The van der Waals surface area contributed by atoms with Gasteiger partial charge >= 0.3 is 0 Å². The van der Waals surface area contributed by atoms with Crippen LogP contribution in [0.1, 0.15) is 4.88 Å². The van der Waals surface area contributed by atoms with Gasteiger partial charge in [-0.3, -0.25) is 0 Å². The Morgan fingerprint density at radius 2 is 2.33 bits per heavy atom. The lowest BCUT2D eigenvalue weighted by Gasteiger charge is -1.91. The van der Waals surface area contributed by atoms with E-state index in [2.05, 4.69) is 27.8 Å². The van der Waals surface area contributed by atoms with Crippen LogP contribution in [-0.2, 0) is 0 Å². The van der Waals surface area contributed by atoms with Gasteiger partial charge < -0.3 is 0 Å². The Morgan fingerprint density at radius 3 is 3.00 bits per heavy atom. The molecule has 4 heteroatoms. The van der Waals surface area contributed by atoms with E-state index in [4.69, 9.17) is 11.6 Å². The van der Waals surface area contributed by atoms with Crippen LogP contribution in [0.5, 0.6) is 0 Å². The van der Waals surface area contributed by atoms with Crippen molar-refractivity contribution in [2.24, 2.45) is 0 Å². The molecular weight excluding hydrogens is 258 g/mol. The van der Waals surface area contributed by atoms with Crippen LogP contribution in [0.3, 0.4) is 0 Å². The number of halogens is 2. The van der Waals surface area contributed by atoms with Gasteiger partial charge in [-0.05, 0) is 28.9 Å². The van der Waals surface area contributed by atoms with Crippen molar-refractivity contribution in [3.05, 3.63) is 26.8 Å². The summed E-state index contributed by atoms with van der Waals surface area (Å²) in [5.74, 6) is 0. The molecule has 2 aromatic rings. The Labute approximate surface area is 87.5 Å². The molecule has 0 aliphatic heterocycles. The van der Waals surface area contributed by atoms with Gasteiger partial charge in [0.2, 0.25) is 0 Å². The summed E-state index contributed by atoms with van der Waals surface area (Å²) in [6, 6.07) is 1.98. The van der Waals surface area contributed by atoms with Gasteiger partial charge in [-0.1, -0.05) is 11.6 Å². The summed E-state index contributed by atoms with van der Waals surface area (Å²) in [7, 11) is 0. The molecule has 0 fully saturated rings. The molecule has 0 aliphatic carbocycles. The van der Waals surface area contributed by atoms with E-state index in [1.807, 2.05) is 6.07 Å². The van der Waals surface area contributed by atoms with Crippen LogP contribution < -0.4 is 0 Å². The molecule has 1 nitrogen and oxygen atoms in total. The minimum Gasteiger partial charge on any atom is -0.244 e. The van der Waals surface area contributed by atoms with E-state index in [0.717, 1.165) is 9.86 Å². The highest BCUT2D eigenvalue weighted by Gasteiger charge is 2.09. The molecule has 0 saturated carbocycles. The van der Waals surface area contributed by atoms with Crippen molar-refractivity contribution >= 4 is 49.0 Å². The van der Waals surface area contributed by atoms with Gasteiger partial charge in [0.15, 0.2) is 0 Å². The number of aromatic nitrogens is 1. The maximum Gasteiger partial charge on any atom is 0.138 e. The fourth-order valence-electron chi connectivity index (χ4n) is 1.09. The molecule has 62 valence electrons. The summed E-state index contributed by atoms with van der Waals surface area (Å²) in [5, 5.41) is 1.60. The van der Waals surface area contributed by atoms with E-state index in [1.165, 1.54) is 9.58 Å². The minimum atomic E-state index is 0.573. The monoisotopic (exact) mass is 261 g/mol. The van der Waals surface area contributed by atoms with Crippen molar-refractivity contribution in [3.63, 3.8) is 0 Å². The zero-order valence-electron chi connectivity index (χ0n) is 6.27. The Bertz CT molecular complexity index is 438. The van der Waals surface area contributed by atoms with Gasteiger partial charge in [0.1, 0.15) is 5.15 Å². The van der Waals surface area contributed by atoms with Crippen molar-refractivity contribution in [2.45, 2.75) is 6.92 Å². The molecule has 0 radical (unpaired) electrons. The summed E-state index contributed by atoms with van der Waals surface area (Å²) >= 11 is 11.2. The van der Waals surface area contributed by atoms with Gasteiger partial charge in [-0.25, -0.2) is 4.98 Å². The quantitative estimate of drug-likeness (QED) is 0.654. The molecular formula is C8H5BrClNS. The largest absolute Gasteiger partial charge is 0.244 e. The van der Waals surface area contributed by atoms with Crippen LogP contribution in [0.2, 0.25) is 5.15 Å². The first kappa shape index (κ1) is 8.48. The van der Waals surface area contributed by atoms with Crippen LogP contribution in [0.25, 0.3) is 10.1 Å². The summed E-state index contributed by atoms with van der Waals surface area (Å²) < 4.78 is 2.25. The maximum atomic E-state index is 5.94. The normalized spacial score (nSPS) is 10.9. The summed E-state index contributed by atoms with van der Waals surface area (Å²) in [4.78, 5) is 5.26. The molecule has 2 heterocycles. The molecule has 2 aromatic heterocycles. The second-order valence-electron chi connectivity index (χ2n) is 2.45. The molecule has 0 spiro atoms. The second-order valence-corrected chi connectivity index (χ2v) is 4.85. The molecule has 0 unspecified atom stereocenters. The zero-order chi connectivity index (χ0) is 8.72. The highest BCUT2D eigenvalue weighted by Crippen LogP contribution is 2.37. The Hall–Kier alpha value is -0.120.